The summed E-state index contributed by atoms with van der Waals surface area (Å²) in [6.45, 7) is 14.6. The summed E-state index contributed by atoms with van der Waals surface area (Å²) in [7, 11) is 0. The molecule has 11 nitrogen and oxygen atoms in total. The van der Waals surface area contributed by atoms with E-state index in [1.165, 1.54) is 17.0 Å². The Kier molecular flexibility index (Phi) is 13.0. The number of rotatable bonds is 12. The zero-order chi connectivity index (χ0) is 34.1. The number of aliphatic hydroxyl groups is 1. The van der Waals surface area contributed by atoms with E-state index in [2.05, 4.69) is 10.6 Å². The monoisotopic (exact) mass is 627 g/mol. The molecule has 0 saturated heterocycles. The number of benzene rings is 2. The SMILES string of the molecule is CCC(C)N(C(=O)C(CO)NC(=O)OC(C)(C)C)C(C(=O)NC(Cc1ccccc1)C(=O)OC(C)(C)C)c1ccc(O)c(C)c1. The summed E-state index contributed by atoms with van der Waals surface area (Å²) in [6.07, 6.45) is -0.371. The van der Waals surface area contributed by atoms with Crippen LogP contribution in [0.3, 0.4) is 0 Å². The number of aryl methyl sites for hydroxylation is 1. The van der Waals surface area contributed by atoms with E-state index in [9.17, 15) is 29.4 Å². The van der Waals surface area contributed by atoms with Gasteiger partial charge < -0.3 is 35.2 Å². The summed E-state index contributed by atoms with van der Waals surface area (Å²) >= 11 is 0. The van der Waals surface area contributed by atoms with Crippen molar-refractivity contribution in [1.82, 2.24) is 15.5 Å². The lowest BCUT2D eigenvalue weighted by molar-refractivity contribution is -0.159. The van der Waals surface area contributed by atoms with Gasteiger partial charge in [-0.05, 0) is 90.6 Å². The van der Waals surface area contributed by atoms with Crippen LogP contribution in [0.1, 0.15) is 84.5 Å². The number of hydrogen-bond donors (Lipinski definition) is 4. The van der Waals surface area contributed by atoms with E-state index >= 15 is 0 Å². The van der Waals surface area contributed by atoms with E-state index in [0.717, 1.165) is 5.56 Å². The normalized spacial score (nSPS) is 14.4. The van der Waals surface area contributed by atoms with Crippen LogP contribution < -0.4 is 10.6 Å². The van der Waals surface area contributed by atoms with Gasteiger partial charge in [0, 0.05) is 12.5 Å². The van der Waals surface area contributed by atoms with Crippen LogP contribution in [-0.4, -0.2) is 74.9 Å². The maximum absolute atomic E-state index is 14.3. The van der Waals surface area contributed by atoms with E-state index in [1.54, 1.807) is 61.5 Å². The molecule has 0 aliphatic carbocycles. The topological polar surface area (TPSA) is 154 Å². The molecule has 2 aromatic carbocycles. The minimum atomic E-state index is -1.44. The molecular weight excluding hydrogens is 578 g/mol. The molecule has 0 saturated carbocycles. The Bertz CT molecular complexity index is 1320. The van der Waals surface area contributed by atoms with Gasteiger partial charge in [-0.2, -0.15) is 0 Å². The van der Waals surface area contributed by atoms with Crippen LogP contribution in [0.15, 0.2) is 48.5 Å². The quantitative estimate of drug-likeness (QED) is 0.254. The number of amides is 3. The molecule has 0 fully saturated rings. The molecule has 0 radical (unpaired) electrons. The number of carbonyl (C=O) groups is 4. The Hall–Kier alpha value is -4.12. The number of ether oxygens (including phenoxy) is 2. The highest BCUT2D eigenvalue weighted by Crippen LogP contribution is 2.30. The number of hydrogen-bond acceptors (Lipinski definition) is 8. The van der Waals surface area contributed by atoms with Crippen LogP contribution in [0.2, 0.25) is 0 Å². The van der Waals surface area contributed by atoms with E-state index in [0.29, 0.717) is 17.5 Å². The van der Waals surface area contributed by atoms with Gasteiger partial charge in [-0.25, -0.2) is 9.59 Å². The zero-order valence-corrected chi connectivity index (χ0v) is 27.8. The van der Waals surface area contributed by atoms with Crippen molar-refractivity contribution in [3.8, 4) is 5.75 Å². The number of nitrogens with zero attached hydrogens (tertiary/aromatic N) is 1. The summed E-state index contributed by atoms with van der Waals surface area (Å²) in [4.78, 5) is 55.7. The fourth-order valence-corrected chi connectivity index (χ4v) is 4.56. The van der Waals surface area contributed by atoms with Crippen LogP contribution in [0.5, 0.6) is 5.75 Å². The molecule has 3 amide bonds. The van der Waals surface area contributed by atoms with Gasteiger partial charge in [0.25, 0.3) is 0 Å². The molecule has 0 aliphatic rings. The molecule has 11 heteroatoms. The predicted molar refractivity (Wildman–Crippen MR) is 170 cm³/mol. The summed E-state index contributed by atoms with van der Waals surface area (Å²) in [5.41, 5.74) is -0.0915. The van der Waals surface area contributed by atoms with Gasteiger partial charge in [0.05, 0.1) is 6.61 Å². The smallest absolute Gasteiger partial charge is 0.408 e. The lowest BCUT2D eigenvalue weighted by Gasteiger charge is -2.38. The highest BCUT2D eigenvalue weighted by Gasteiger charge is 2.40. The highest BCUT2D eigenvalue weighted by atomic mass is 16.6. The number of aliphatic hydroxyl groups excluding tert-OH is 1. The molecule has 4 unspecified atom stereocenters. The van der Waals surface area contributed by atoms with Crippen molar-refractivity contribution in [2.75, 3.05) is 6.61 Å². The first-order chi connectivity index (χ1) is 20.9. The third kappa shape index (κ3) is 11.4. The van der Waals surface area contributed by atoms with Crippen molar-refractivity contribution in [3.63, 3.8) is 0 Å². The summed E-state index contributed by atoms with van der Waals surface area (Å²) < 4.78 is 10.9. The number of phenolic OH excluding ortho intramolecular Hbond substituents is 1. The van der Waals surface area contributed by atoms with Gasteiger partial charge in [-0.3, -0.25) is 9.59 Å². The molecule has 2 rings (SSSR count). The molecule has 0 heterocycles. The number of aromatic hydroxyl groups is 1. The second kappa shape index (κ2) is 15.7. The standard InChI is InChI=1S/C34H49N3O8/c1-10-22(3)37(30(41)26(20-38)36-32(43)45-34(7,8)9)28(24-16-17-27(39)21(2)18-24)29(40)35-25(31(42)44-33(4,5)6)19-23-14-12-11-13-15-23/h11-18,22,25-26,28,38-39H,10,19-20H2,1-9H3,(H,35,40)(H,36,43). The first-order valence-electron chi connectivity index (χ1n) is 15.2. The fourth-order valence-electron chi connectivity index (χ4n) is 4.56. The Morgan fingerprint density at radius 1 is 0.889 bits per heavy atom. The number of carbonyl (C=O) groups excluding carboxylic acids is 4. The molecule has 0 bridgehead atoms. The summed E-state index contributed by atoms with van der Waals surface area (Å²) in [6, 6.07) is 9.22. The lowest BCUT2D eigenvalue weighted by Crippen LogP contribution is -2.58. The second-order valence-corrected chi connectivity index (χ2v) is 13.1. The van der Waals surface area contributed by atoms with Crippen molar-refractivity contribution < 1.29 is 38.9 Å². The largest absolute Gasteiger partial charge is 0.508 e. The van der Waals surface area contributed by atoms with Crippen LogP contribution in [0, 0.1) is 6.92 Å². The first kappa shape index (κ1) is 37.1. The molecule has 248 valence electrons. The number of esters is 1. The fraction of sp³-hybridized carbons (Fsp3) is 0.529. The van der Waals surface area contributed by atoms with E-state index < -0.39 is 65.9 Å². The van der Waals surface area contributed by atoms with Gasteiger partial charge in [0.15, 0.2) is 0 Å². The van der Waals surface area contributed by atoms with E-state index in [1.807, 2.05) is 37.3 Å². The first-order valence-corrected chi connectivity index (χ1v) is 15.2. The van der Waals surface area contributed by atoms with Crippen molar-refractivity contribution in [2.24, 2.45) is 0 Å². The lowest BCUT2D eigenvalue weighted by atomic mass is 9.97. The highest BCUT2D eigenvalue weighted by molar-refractivity contribution is 5.94. The van der Waals surface area contributed by atoms with Crippen LogP contribution in [0.4, 0.5) is 4.79 Å². The number of alkyl carbamates (subject to hydrolysis) is 1. The average Bonchev–Trinajstić information content (AvgIpc) is 2.93. The minimum absolute atomic E-state index is 0.00476. The number of nitrogens with one attached hydrogen (secondary N) is 2. The summed E-state index contributed by atoms with van der Waals surface area (Å²) in [5.74, 6) is -2.08. The molecule has 4 N–H and O–H groups in total. The Morgan fingerprint density at radius 3 is 2.00 bits per heavy atom. The van der Waals surface area contributed by atoms with Gasteiger partial charge in [-0.15, -0.1) is 0 Å². The maximum atomic E-state index is 14.3. The van der Waals surface area contributed by atoms with Crippen molar-refractivity contribution in [1.29, 1.82) is 0 Å². The second-order valence-electron chi connectivity index (χ2n) is 13.1. The van der Waals surface area contributed by atoms with Crippen molar-refractivity contribution in [2.45, 2.75) is 111 Å². The summed E-state index contributed by atoms with van der Waals surface area (Å²) in [5, 5.41) is 25.7. The number of phenols is 1. The molecule has 0 aliphatic heterocycles. The Labute approximate surface area is 266 Å². The van der Waals surface area contributed by atoms with Crippen LogP contribution >= 0.6 is 0 Å². The predicted octanol–water partition coefficient (Wildman–Crippen LogP) is 4.32. The Morgan fingerprint density at radius 2 is 1.49 bits per heavy atom. The third-order valence-corrected chi connectivity index (χ3v) is 6.85. The van der Waals surface area contributed by atoms with Gasteiger partial charge >= 0.3 is 12.1 Å². The van der Waals surface area contributed by atoms with Gasteiger partial charge in [-0.1, -0.05) is 43.3 Å². The van der Waals surface area contributed by atoms with E-state index in [4.69, 9.17) is 9.47 Å². The van der Waals surface area contributed by atoms with Gasteiger partial charge in [0.2, 0.25) is 11.8 Å². The van der Waals surface area contributed by atoms with Gasteiger partial charge in [0.1, 0.15) is 35.1 Å². The van der Waals surface area contributed by atoms with Crippen LogP contribution in [-0.2, 0) is 30.3 Å². The van der Waals surface area contributed by atoms with Crippen molar-refractivity contribution >= 4 is 23.9 Å². The van der Waals surface area contributed by atoms with Crippen molar-refractivity contribution in [3.05, 3.63) is 65.2 Å². The Balaban J connectivity index is 2.62. The molecule has 45 heavy (non-hydrogen) atoms. The third-order valence-electron chi connectivity index (χ3n) is 6.85. The molecular formula is C34H49N3O8. The molecule has 0 aromatic heterocycles. The van der Waals surface area contributed by atoms with E-state index in [-0.39, 0.29) is 12.2 Å². The average molecular weight is 628 g/mol. The maximum Gasteiger partial charge on any atom is 0.408 e. The molecule has 0 spiro atoms. The zero-order valence-electron chi connectivity index (χ0n) is 27.8. The minimum Gasteiger partial charge on any atom is -0.508 e. The molecule has 4 atom stereocenters. The van der Waals surface area contributed by atoms with Crippen LogP contribution in [0.25, 0.3) is 0 Å². The molecule has 2 aromatic rings.